The zero-order chi connectivity index (χ0) is 11.7. The lowest BCUT2D eigenvalue weighted by Gasteiger charge is -2.18. The number of nitrogens with one attached hydrogen (secondary N) is 1. The molecule has 2 rings (SSSR count). The molecule has 1 aromatic rings. The second-order valence-electron chi connectivity index (χ2n) is 4.28. The summed E-state index contributed by atoms with van der Waals surface area (Å²) in [6, 6.07) is 6.39. The van der Waals surface area contributed by atoms with E-state index in [1.165, 1.54) is 11.1 Å². The number of benzene rings is 1. The molecule has 4 heteroatoms. The number of aryl methyl sites for hydroxylation is 1. The van der Waals surface area contributed by atoms with E-state index in [1.807, 2.05) is 6.07 Å². The Labute approximate surface area is 104 Å². The number of nitrogens with zero attached hydrogens (tertiary/aromatic N) is 1. The van der Waals surface area contributed by atoms with Crippen molar-refractivity contribution >= 4 is 22.0 Å². The summed E-state index contributed by atoms with van der Waals surface area (Å²) in [7, 11) is 3.51. The zero-order valence-electron chi connectivity index (χ0n) is 9.46. The van der Waals surface area contributed by atoms with Crippen LogP contribution in [0.4, 0.5) is 4.79 Å². The van der Waals surface area contributed by atoms with Gasteiger partial charge in [0, 0.05) is 18.6 Å². The van der Waals surface area contributed by atoms with Crippen LogP contribution >= 0.6 is 15.9 Å². The number of carbonyl (C=O) groups excluding carboxylic acids is 1. The van der Waals surface area contributed by atoms with Gasteiger partial charge < -0.3 is 10.2 Å². The molecule has 0 aromatic heterocycles. The monoisotopic (exact) mass is 282 g/mol. The van der Waals surface area contributed by atoms with E-state index in [2.05, 4.69) is 33.4 Å². The van der Waals surface area contributed by atoms with Crippen LogP contribution in [0.25, 0.3) is 0 Å². The topological polar surface area (TPSA) is 32.3 Å². The first-order valence-corrected chi connectivity index (χ1v) is 6.13. The Balaban J connectivity index is 2.15. The number of hydrogen-bond acceptors (Lipinski definition) is 1. The molecule has 0 bridgehead atoms. The van der Waals surface area contributed by atoms with E-state index in [4.69, 9.17) is 0 Å². The van der Waals surface area contributed by atoms with Crippen molar-refractivity contribution in [1.29, 1.82) is 0 Å². The molecule has 1 atom stereocenters. The molecule has 1 aliphatic rings. The van der Waals surface area contributed by atoms with Crippen LogP contribution in [-0.2, 0) is 6.42 Å². The molecule has 1 unspecified atom stereocenters. The predicted octanol–water partition coefficient (Wildman–Crippen LogP) is 2.71. The smallest absolute Gasteiger partial charge is 0.317 e. The average molecular weight is 283 g/mol. The first-order valence-electron chi connectivity index (χ1n) is 5.34. The van der Waals surface area contributed by atoms with Crippen LogP contribution in [0.2, 0.25) is 0 Å². The van der Waals surface area contributed by atoms with Gasteiger partial charge in [0.2, 0.25) is 0 Å². The Morgan fingerprint density at radius 2 is 2.25 bits per heavy atom. The van der Waals surface area contributed by atoms with E-state index < -0.39 is 0 Å². The molecule has 1 aromatic carbocycles. The van der Waals surface area contributed by atoms with Crippen LogP contribution < -0.4 is 5.32 Å². The van der Waals surface area contributed by atoms with Gasteiger partial charge in [-0.25, -0.2) is 4.79 Å². The Bertz CT molecular complexity index is 417. The summed E-state index contributed by atoms with van der Waals surface area (Å²) in [5.41, 5.74) is 2.58. The number of carbonyl (C=O) groups is 1. The fraction of sp³-hybridized carbons (Fsp3) is 0.417. The van der Waals surface area contributed by atoms with Crippen LogP contribution in [0.5, 0.6) is 0 Å². The van der Waals surface area contributed by atoms with E-state index in [0.29, 0.717) is 0 Å². The largest absolute Gasteiger partial charge is 0.331 e. The standard InChI is InChI=1S/C12H15BrN2O/c1-15(2)12(16)14-11-6-3-8-7-9(13)4-5-10(8)11/h4-5,7,11H,3,6H2,1-2H3,(H,14,16). The van der Waals surface area contributed by atoms with E-state index in [1.54, 1.807) is 19.0 Å². The quantitative estimate of drug-likeness (QED) is 0.844. The molecular weight excluding hydrogens is 268 g/mol. The Hall–Kier alpha value is -1.03. The lowest BCUT2D eigenvalue weighted by Crippen LogP contribution is -2.36. The molecular formula is C12H15BrN2O. The highest BCUT2D eigenvalue weighted by molar-refractivity contribution is 9.10. The van der Waals surface area contributed by atoms with Crippen molar-refractivity contribution in [1.82, 2.24) is 10.2 Å². The van der Waals surface area contributed by atoms with Gasteiger partial charge >= 0.3 is 6.03 Å². The summed E-state index contributed by atoms with van der Waals surface area (Å²) in [6.45, 7) is 0. The van der Waals surface area contributed by atoms with Gasteiger partial charge in [0.05, 0.1) is 6.04 Å². The van der Waals surface area contributed by atoms with Crippen molar-refractivity contribution in [3.05, 3.63) is 33.8 Å². The fourth-order valence-corrected chi connectivity index (χ4v) is 2.42. The molecule has 3 nitrogen and oxygen atoms in total. The Kier molecular flexibility index (Phi) is 3.19. The third-order valence-electron chi connectivity index (χ3n) is 2.89. The summed E-state index contributed by atoms with van der Waals surface area (Å²) >= 11 is 3.46. The molecule has 0 saturated carbocycles. The fourth-order valence-electron chi connectivity index (χ4n) is 2.01. The van der Waals surface area contributed by atoms with Crippen LogP contribution in [0.1, 0.15) is 23.6 Å². The summed E-state index contributed by atoms with van der Waals surface area (Å²) in [5.74, 6) is 0. The van der Waals surface area contributed by atoms with Gasteiger partial charge in [0.15, 0.2) is 0 Å². The van der Waals surface area contributed by atoms with Crippen molar-refractivity contribution in [3.63, 3.8) is 0 Å². The molecule has 0 fully saturated rings. The molecule has 0 spiro atoms. The summed E-state index contributed by atoms with van der Waals surface area (Å²) < 4.78 is 1.10. The van der Waals surface area contributed by atoms with Gasteiger partial charge in [0.25, 0.3) is 0 Å². The van der Waals surface area contributed by atoms with E-state index >= 15 is 0 Å². The summed E-state index contributed by atoms with van der Waals surface area (Å²) in [4.78, 5) is 13.1. The Morgan fingerprint density at radius 1 is 1.50 bits per heavy atom. The van der Waals surface area contributed by atoms with Crippen LogP contribution in [0.3, 0.4) is 0 Å². The van der Waals surface area contributed by atoms with Crippen LogP contribution in [0.15, 0.2) is 22.7 Å². The minimum absolute atomic E-state index is 0.0271. The van der Waals surface area contributed by atoms with Crippen molar-refractivity contribution in [2.45, 2.75) is 18.9 Å². The number of fused-ring (bicyclic) bond motifs is 1. The van der Waals surface area contributed by atoms with Gasteiger partial charge in [-0.2, -0.15) is 0 Å². The molecule has 0 aliphatic heterocycles. The van der Waals surface area contributed by atoms with Crippen LogP contribution in [0, 0.1) is 0 Å². The summed E-state index contributed by atoms with van der Waals surface area (Å²) in [5, 5.41) is 3.03. The maximum Gasteiger partial charge on any atom is 0.317 e. The average Bonchev–Trinajstić information content (AvgIpc) is 2.60. The summed E-state index contributed by atoms with van der Waals surface area (Å²) in [6.07, 6.45) is 2.03. The van der Waals surface area contributed by atoms with E-state index in [0.717, 1.165) is 17.3 Å². The number of rotatable bonds is 1. The van der Waals surface area contributed by atoms with Gasteiger partial charge in [-0.1, -0.05) is 22.0 Å². The molecule has 1 aliphatic carbocycles. The van der Waals surface area contributed by atoms with Gasteiger partial charge in [-0.3, -0.25) is 0 Å². The minimum atomic E-state index is -0.0271. The highest BCUT2D eigenvalue weighted by atomic mass is 79.9. The molecule has 2 amide bonds. The molecule has 1 N–H and O–H groups in total. The number of urea groups is 1. The van der Waals surface area contributed by atoms with Crippen molar-refractivity contribution in [2.24, 2.45) is 0 Å². The third kappa shape index (κ3) is 2.21. The predicted molar refractivity (Wildman–Crippen MR) is 67.4 cm³/mol. The van der Waals surface area contributed by atoms with Crippen molar-refractivity contribution < 1.29 is 4.79 Å². The normalized spacial score (nSPS) is 18.1. The van der Waals surface area contributed by atoms with Gasteiger partial charge in [0.1, 0.15) is 0 Å². The highest BCUT2D eigenvalue weighted by Gasteiger charge is 2.24. The van der Waals surface area contributed by atoms with Crippen LogP contribution in [-0.4, -0.2) is 25.0 Å². The minimum Gasteiger partial charge on any atom is -0.331 e. The van der Waals surface area contributed by atoms with E-state index in [9.17, 15) is 4.79 Å². The van der Waals surface area contributed by atoms with Crippen molar-refractivity contribution in [3.8, 4) is 0 Å². The SMILES string of the molecule is CN(C)C(=O)NC1CCc2cc(Br)ccc21. The zero-order valence-corrected chi connectivity index (χ0v) is 11.0. The number of hydrogen-bond donors (Lipinski definition) is 1. The molecule has 0 heterocycles. The number of halogens is 1. The maximum absolute atomic E-state index is 11.6. The second-order valence-corrected chi connectivity index (χ2v) is 5.19. The first kappa shape index (κ1) is 11.5. The van der Waals surface area contributed by atoms with E-state index in [-0.39, 0.29) is 12.1 Å². The molecule has 16 heavy (non-hydrogen) atoms. The molecule has 0 radical (unpaired) electrons. The third-order valence-corrected chi connectivity index (χ3v) is 3.38. The molecule has 0 saturated heterocycles. The van der Waals surface area contributed by atoms with Gasteiger partial charge in [-0.15, -0.1) is 0 Å². The maximum atomic E-state index is 11.6. The molecule has 86 valence electrons. The lowest BCUT2D eigenvalue weighted by atomic mass is 10.1. The van der Waals surface area contributed by atoms with Crippen molar-refractivity contribution in [2.75, 3.05) is 14.1 Å². The Morgan fingerprint density at radius 3 is 2.94 bits per heavy atom. The first-order chi connectivity index (χ1) is 7.58. The second kappa shape index (κ2) is 4.45. The number of amides is 2. The highest BCUT2D eigenvalue weighted by Crippen LogP contribution is 2.32. The lowest BCUT2D eigenvalue weighted by molar-refractivity contribution is 0.213. The van der Waals surface area contributed by atoms with Gasteiger partial charge in [-0.05, 0) is 36.1 Å².